The number of carbonyl (C=O) groups is 4. The quantitative estimate of drug-likeness (QED) is 0.196. The van der Waals surface area contributed by atoms with E-state index in [9.17, 15) is 19.2 Å². The van der Waals surface area contributed by atoms with Gasteiger partial charge < -0.3 is 19.5 Å². The largest absolute Gasteiger partial charge is 0.454 e. The van der Waals surface area contributed by atoms with Crippen LogP contribution in [0.5, 0.6) is 11.5 Å². The minimum Gasteiger partial charge on any atom is -0.454 e. The number of allylic oxidation sites excluding steroid dienone is 1. The third-order valence-corrected chi connectivity index (χ3v) is 9.05. The van der Waals surface area contributed by atoms with Crippen molar-refractivity contribution in [1.82, 2.24) is 4.98 Å². The monoisotopic (exact) mass is 656 g/mol. The first-order valence-corrected chi connectivity index (χ1v) is 15.7. The molecular weight excluding hydrogens is 632 g/mol. The van der Waals surface area contributed by atoms with E-state index in [1.807, 2.05) is 48.5 Å². The van der Waals surface area contributed by atoms with Crippen molar-refractivity contribution in [3.63, 3.8) is 0 Å². The Balaban J connectivity index is 1.05. The number of hydrogen-bond acceptors (Lipinski definition) is 8. The molecule has 0 atom stereocenters. The number of anilines is 1. The van der Waals surface area contributed by atoms with Crippen LogP contribution in [0.15, 0.2) is 78.9 Å². The summed E-state index contributed by atoms with van der Waals surface area (Å²) in [5.74, 6) is -0.607. The summed E-state index contributed by atoms with van der Waals surface area (Å²) in [5.41, 5.74) is 5.39. The minimum atomic E-state index is -0.657. The van der Waals surface area contributed by atoms with Crippen LogP contribution in [0, 0.1) is 0 Å². The first kappa shape index (κ1) is 29.6. The lowest BCUT2D eigenvalue weighted by Crippen LogP contribution is -2.24. The molecule has 0 unspecified atom stereocenters. The van der Waals surface area contributed by atoms with Crippen molar-refractivity contribution in [2.75, 3.05) is 18.7 Å². The molecule has 48 heavy (non-hydrogen) atoms. The zero-order valence-corrected chi connectivity index (χ0v) is 26.1. The highest BCUT2D eigenvalue weighted by Gasteiger charge is 2.31. The topological polar surface area (TPSA) is 121 Å². The number of carbonyl (C=O) groups excluding carboxylic acids is 4. The molecule has 1 aromatic heterocycles. The minimum absolute atomic E-state index is 0.0740. The van der Waals surface area contributed by atoms with Gasteiger partial charge in [0, 0.05) is 27.6 Å². The molecule has 236 valence electrons. The van der Waals surface area contributed by atoms with Crippen molar-refractivity contribution < 1.29 is 33.4 Å². The van der Waals surface area contributed by atoms with Gasteiger partial charge in [0.15, 0.2) is 29.7 Å². The smallest absolute Gasteiger partial charge is 0.339 e. The van der Waals surface area contributed by atoms with E-state index in [1.54, 1.807) is 24.3 Å². The average Bonchev–Trinajstić information content (AvgIpc) is 3.57. The third kappa shape index (κ3) is 5.09. The molecule has 5 aromatic rings. The molecule has 0 saturated heterocycles. The van der Waals surface area contributed by atoms with Crippen molar-refractivity contribution >= 4 is 63.3 Å². The van der Waals surface area contributed by atoms with Crippen LogP contribution in [-0.4, -0.2) is 41.8 Å². The Hall–Kier alpha value is -5.80. The van der Waals surface area contributed by atoms with Gasteiger partial charge in [-0.05, 0) is 72.4 Å². The molecule has 10 heteroatoms. The summed E-state index contributed by atoms with van der Waals surface area (Å²) in [6.45, 7) is -0.418. The van der Waals surface area contributed by atoms with Crippen LogP contribution < -0.4 is 14.8 Å². The van der Waals surface area contributed by atoms with Crippen LogP contribution in [0.3, 0.4) is 0 Å². The number of rotatable bonds is 5. The zero-order chi connectivity index (χ0) is 32.9. The van der Waals surface area contributed by atoms with E-state index >= 15 is 0 Å². The summed E-state index contributed by atoms with van der Waals surface area (Å²) in [5, 5.41) is 3.33. The van der Waals surface area contributed by atoms with Crippen molar-refractivity contribution in [1.29, 1.82) is 0 Å². The fraction of sp³-hybridized carbons (Fsp3) is 0.132. The van der Waals surface area contributed by atoms with Crippen LogP contribution in [-0.2, 0) is 16.0 Å². The number of amides is 1. The number of pyridine rings is 1. The third-order valence-electron chi connectivity index (χ3n) is 8.73. The van der Waals surface area contributed by atoms with E-state index in [4.69, 9.17) is 30.8 Å². The van der Waals surface area contributed by atoms with Gasteiger partial charge in [0.2, 0.25) is 6.79 Å². The molecule has 3 aliphatic rings. The summed E-state index contributed by atoms with van der Waals surface area (Å²) in [6.07, 6.45) is 4.23. The summed E-state index contributed by atoms with van der Waals surface area (Å²) in [7, 11) is 0. The molecule has 0 radical (unpaired) electrons. The van der Waals surface area contributed by atoms with E-state index in [2.05, 4.69) is 5.32 Å². The fourth-order valence-electron chi connectivity index (χ4n) is 6.52. The maximum atomic E-state index is 13.7. The Labute approximate surface area is 279 Å². The van der Waals surface area contributed by atoms with Crippen molar-refractivity contribution in [2.45, 2.75) is 19.3 Å². The molecule has 0 spiro atoms. The lowest BCUT2D eigenvalue weighted by Gasteiger charge is -2.22. The number of halogens is 1. The molecule has 1 amide bonds. The Morgan fingerprint density at radius 2 is 1.58 bits per heavy atom. The van der Waals surface area contributed by atoms with Crippen LogP contribution in [0.25, 0.3) is 22.6 Å². The number of aromatic nitrogens is 1. The molecule has 9 nitrogen and oxygen atoms in total. The summed E-state index contributed by atoms with van der Waals surface area (Å²) < 4.78 is 16.6. The maximum absolute atomic E-state index is 13.7. The lowest BCUT2D eigenvalue weighted by molar-refractivity contribution is -0.119. The van der Waals surface area contributed by atoms with Gasteiger partial charge in [-0.25, -0.2) is 9.78 Å². The molecule has 2 aliphatic carbocycles. The van der Waals surface area contributed by atoms with Crippen molar-refractivity contribution in [3.05, 3.63) is 129 Å². The predicted octanol–water partition coefficient (Wildman–Crippen LogP) is 7.06. The number of ether oxygens (including phenoxy) is 3. The summed E-state index contributed by atoms with van der Waals surface area (Å²) >= 11 is 6.44. The van der Waals surface area contributed by atoms with Crippen LogP contribution in [0.1, 0.15) is 71.9 Å². The average molecular weight is 657 g/mol. The molecular formula is C38H25ClN2O7. The second-order valence-electron chi connectivity index (χ2n) is 11.7. The SMILES string of the molecule is O=C(COC(=O)c1c2c(nc3ccccc13)/C(=C\c1ccc3c(c1)OCO3)CCC2)Nc1cc2c(cc1Cl)C(=O)c1ccccc1C2=O. The second kappa shape index (κ2) is 11.8. The maximum Gasteiger partial charge on any atom is 0.339 e. The van der Waals surface area contributed by atoms with Crippen LogP contribution in [0.2, 0.25) is 5.02 Å². The Kier molecular flexibility index (Phi) is 7.26. The van der Waals surface area contributed by atoms with Crippen LogP contribution in [0.4, 0.5) is 5.69 Å². The number of esters is 1. The molecule has 4 aromatic carbocycles. The van der Waals surface area contributed by atoms with Gasteiger partial charge in [-0.3, -0.25) is 14.4 Å². The highest BCUT2D eigenvalue weighted by Crippen LogP contribution is 2.39. The predicted molar refractivity (Wildman–Crippen MR) is 179 cm³/mol. The first-order chi connectivity index (χ1) is 23.4. The molecule has 1 aliphatic heterocycles. The first-order valence-electron chi connectivity index (χ1n) is 15.4. The van der Waals surface area contributed by atoms with Gasteiger partial charge >= 0.3 is 5.97 Å². The second-order valence-corrected chi connectivity index (χ2v) is 12.1. The molecule has 2 heterocycles. The van der Waals surface area contributed by atoms with Gasteiger partial charge in [-0.1, -0.05) is 60.1 Å². The summed E-state index contributed by atoms with van der Waals surface area (Å²) in [4.78, 5) is 58.0. The van der Waals surface area contributed by atoms with E-state index < -0.39 is 18.5 Å². The van der Waals surface area contributed by atoms with Crippen LogP contribution >= 0.6 is 11.6 Å². The molecule has 0 saturated carbocycles. The van der Waals surface area contributed by atoms with E-state index in [0.29, 0.717) is 39.9 Å². The number of fused-ring (bicyclic) bond motifs is 5. The van der Waals surface area contributed by atoms with Gasteiger partial charge in [0.1, 0.15) is 0 Å². The van der Waals surface area contributed by atoms with E-state index in [-0.39, 0.29) is 45.8 Å². The molecule has 8 rings (SSSR count). The number of hydrogen-bond donors (Lipinski definition) is 1. The van der Waals surface area contributed by atoms with E-state index in [1.165, 1.54) is 12.1 Å². The van der Waals surface area contributed by atoms with Crippen molar-refractivity contribution in [2.24, 2.45) is 0 Å². The van der Waals surface area contributed by atoms with Crippen molar-refractivity contribution in [3.8, 4) is 11.5 Å². The molecule has 0 bridgehead atoms. The summed E-state index contributed by atoms with van der Waals surface area (Å²) in [6, 6.07) is 22.4. The number of benzene rings is 4. The van der Waals surface area contributed by atoms with Gasteiger partial charge in [-0.2, -0.15) is 0 Å². The number of para-hydroxylation sites is 1. The standard InChI is InChI=1S/C38H25ClN2O7/c39-28-16-26-27(37(44)23-8-2-1-7-22(23)36(26)43)17-30(28)40-33(42)18-46-38(45)34-24-9-3-4-11-29(24)41-35-21(6-5-10-25(34)35)14-20-12-13-31-32(15-20)48-19-47-31/h1-4,7-9,11-17H,5-6,10,18-19H2,(H,40,42)/b21-14-. The molecule has 0 fully saturated rings. The number of nitrogens with one attached hydrogen (secondary N) is 1. The highest BCUT2D eigenvalue weighted by molar-refractivity contribution is 6.36. The number of ketones is 2. The lowest BCUT2D eigenvalue weighted by atomic mass is 9.84. The van der Waals surface area contributed by atoms with E-state index in [0.717, 1.165) is 35.2 Å². The van der Waals surface area contributed by atoms with Gasteiger partial charge in [-0.15, -0.1) is 0 Å². The normalized spacial score (nSPS) is 15.1. The Bertz CT molecular complexity index is 2280. The zero-order valence-electron chi connectivity index (χ0n) is 25.3. The van der Waals surface area contributed by atoms with Gasteiger partial charge in [0.25, 0.3) is 5.91 Å². The Morgan fingerprint density at radius 1 is 0.854 bits per heavy atom. The number of nitrogens with zero attached hydrogens (tertiary/aromatic N) is 1. The van der Waals surface area contributed by atoms with Gasteiger partial charge in [0.05, 0.1) is 27.5 Å². The fourth-order valence-corrected chi connectivity index (χ4v) is 6.73. The highest BCUT2D eigenvalue weighted by atomic mass is 35.5. The Morgan fingerprint density at radius 3 is 2.40 bits per heavy atom. The molecule has 1 N–H and O–H groups in total.